The van der Waals surface area contributed by atoms with Gasteiger partial charge in [0, 0.05) is 33.2 Å². The Kier molecular flexibility index (Phi) is 7.46. The van der Waals surface area contributed by atoms with E-state index in [1.54, 1.807) is 0 Å². The maximum atomic E-state index is 7.33. The predicted molar refractivity (Wildman–Crippen MR) is 208 cm³/mol. The highest BCUT2D eigenvalue weighted by molar-refractivity contribution is 6.11. The van der Waals surface area contributed by atoms with Crippen LogP contribution < -0.4 is 0 Å². The second kappa shape index (κ2) is 12.7. The Hall–Kier alpha value is -7.16. The van der Waals surface area contributed by atoms with Crippen LogP contribution in [0.4, 0.5) is 5.69 Å². The highest BCUT2D eigenvalue weighted by Gasteiger charge is 2.16. The van der Waals surface area contributed by atoms with E-state index < -0.39 is 0 Å². The van der Waals surface area contributed by atoms with Crippen LogP contribution in [0.2, 0.25) is 0 Å². The number of rotatable bonds is 6. The van der Waals surface area contributed by atoms with Gasteiger partial charge in [-0.2, -0.15) is 0 Å². The van der Waals surface area contributed by atoms with E-state index in [-0.39, 0.29) is 0 Å². The van der Waals surface area contributed by atoms with E-state index in [0.717, 1.165) is 55.7 Å². The van der Waals surface area contributed by atoms with Crippen LogP contribution in [0.25, 0.3) is 88.8 Å². The molecule has 5 heteroatoms. The lowest BCUT2D eigenvalue weighted by atomic mass is 10.0. The third-order valence-electron chi connectivity index (χ3n) is 9.29. The van der Waals surface area contributed by atoms with Crippen LogP contribution >= 0.6 is 0 Å². The lowest BCUT2D eigenvalue weighted by Crippen LogP contribution is -2.00. The summed E-state index contributed by atoms with van der Waals surface area (Å²) in [5.74, 6) is 1.92. The number of nitrogens with zero attached hydrogens (tertiary/aromatic N) is 5. The largest absolute Gasteiger partial charge is 0.309 e. The van der Waals surface area contributed by atoms with Crippen LogP contribution in [-0.4, -0.2) is 19.5 Å². The summed E-state index contributed by atoms with van der Waals surface area (Å²) in [6.07, 6.45) is 0. The van der Waals surface area contributed by atoms with Crippen LogP contribution in [0.1, 0.15) is 0 Å². The van der Waals surface area contributed by atoms with E-state index in [0.29, 0.717) is 23.2 Å². The molecule has 0 spiro atoms. The van der Waals surface area contributed by atoms with Gasteiger partial charge in [-0.1, -0.05) is 152 Å². The van der Waals surface area contributed by atoms with Gasteiger partial charge in [-0.25, -0.2) is 19.8 Å². The smallest absolute Gasteiger partial charge is 0.187 e. The second-order valence-electron chi connectivity index (χ2n) is 12.4. The molecule has 2 heterocycles. The van der Waals surface area contributed by atoms with Gasteiger partial charge in [0.25, 0.3) is 0 Å². The first kappa shape index (κ1) is 29.9. The summed E-state index contributed by atoms with van der Waals surface area (Å²) in [6.45, 7) is 7.33. The fourth-order valence-corrected chi connectivity index (χ4v) is 6.71. The number of benzene rings is 7. The highest BCUT2D eigenvalue weighted by Crippen LogP contribution is 2.37. The average Bonchev–Trinajstić information content (AvgIpc) is 3.54. The van der Waals surface area contributed by atoms with Gasteiger partial charge >= 0.3 is 0 Å². The Labute approximate surface area is 295 Å². The standard InChI is InChI=1S/C46H29N5/c1-47-38-25-21-32(22-26-38)37-24-28-41-40-27-23-36(29-42(40)51(43(41)30-37)39-15-9-4-10-16-39)31-17-19-35(20-18-31)46-49-44(33-11-5-2-6-12-33)48-45(50-46)34-13-7-3-8-14-34/h2-30H. The molecule has 0 N–H and O–H groups in total. The van der Waals surface area contributed by atoms with Crippen molar-refractivity contribution in [3.05, 3.63) is 187 Å². The molecule has 0 amide bonds. The zero-order chi connectivity index (χ0) is 34.1. The highest BCUT2D eigenvalue weighted by atomic mass is 15.0. The van der Waals surface area contributed by atoms with Gasteiger partial charge in [-0.3, -0.25) is 0 Å². The molecule has 9 aromatic rings. The second-order valence-corrected chi connectivity index (χ2v) is 12.4. The number of hydrogen-bond acceptors (Lipinski definition) is 3. The topological polar surface area (TPSA) is 48.0 Å². The molecule has 0 radical (unpaired) electrons. The third-order valence-corrected chi connectivity index (χ3v) is 9.29. The summed E-state index contributed by atoms with van der Waals surface area (Å²) in [5.41, 5.74) is 11.2. The van der Waals surface area contributed by atoms with Crippen LogP contribution in [0.3, 0.4) is 0 Å². The molecule has 51 heavy (non-hydrogen) atoms. The van der Waals surface area contributed by atoms with Crippen LogP contribution in [-0.2, 0) is 0 Å². The van der Waals surface area contributed by atoms with Crippen LogP contribution in [0, 0.1) is 6.57 Å². The molecular formula is C46H29N5. The van der Waals surface area contributed by atoms with E-state index in [9.17, 15) is 0 Å². The van der Waals surface area contributed by atoms with E-state index in [1.165, 1.54) is 10.8 Å². The first-order valence-corrected chi connectivity index (χ1v) is 16.8. The maximum Gasteiger partial charge on any atom is 0.187 e. The third kappa shape index (κ3) is 5.61. The molecule has 0 aliphatic rings. The van der Waals surface area contributed by atoms with Crippen molar-refractivity contribution in [3.8, 4) is 62.1 Å². The first-order chi connectivity index (χ1) is 25.2. The quantitative estimate of drug-likeness (QED) is 0.168. The van der Waals surface area contributed by atoms with E-state index >= 15 is 0 Å². The molecular weight excluding hydrogens is 623 g/mol. The van der Waals surface area contributed by atoms with Gasteiger partial charge in [0.15, 0.2) is 23.2 Å². The van der Waals surface area contributed by atoms with E-state index in [4.69, 9.17) is 21.5 Å². The monoisotopic (exact) mass is 651 g/mol. The van der Waals surface area contributed by atoms with Crippen molar-refractivity contribution in [2.75, 3.05) is 0 Å². The van der Waals surface area contributed by atoms with Gasteiger partial charge in [-0.05, 0) is 46.5 Å². The van der Waals surface area contributed by atoms with Gasteiger partial charge in [-0.15, -0.1) is 0 Å². The van der Waals surface area contributed by atoms with Crippen molar-refractivity contribution < 1.29 is 0 Å². The molecule has 0 unspecified atom stereocenters. The summed E-state index contributed by atoms with van der Waals surface area (Å²) < 4.78 is 2.35. The Morgan fingerprint density at radius 1 is 0.373 bits per heavy atom. The number of hydrogen-bond donors (Lipinski definition) is 0. The molecule has 0 saturated heterocycles. The van der Waals surface area contributed by atoms with Gasteiger partial charge in [0.05, 0.1) is 17.6 Å². The molecule has 238 valence electrons. The number of para-hydroxylation sites is 1. The molecule has 2 aromatic heterocycles. The fourth-order valence-electron chi connectivity index (χ4n) is 6.71. The Bertz CT molecular complexity index is 2650. The fraction of sp³-hybridized carbons (Fsp3) is 0. The van der Waals surface area contributed by atoms with Gasteiger partial charge in [0.1, 0.15) is 0 Å². The summed E-state index contributed by atoms with van der Waals surface area (Å²) in [7, 11) is 0. The summed E-state index contributed by atoms with van der Waals surface area (Å²) in [5, 5.41) is 2.38. The van der Waals surface area contributed by atoms with Crippen molar-refractivity contribution in [2.24, 2.45) is 0 Å². The van der Waals surface area contributed by atoms with Crippen molar-refractivity contribution in [3.63, 3.8) is 0 Å². The molecule has 0 atom stereocenters. The molecule has 7 aromatic carbocycles. The minimum absolute atomic E-state index is 0.633. The first-order valence-electron chi connectivity index (χ1n) is 16.8. The maximum absolute atomic E-state index is 7.33. The zero-order valence-electron chi connectivity index (χ0n) is 27.5. The van der Waals surface area contributed by atoms with Crippen molar-refractivity contribution in [1.29, 1.82) is 0 Å². The van der Waals surface area contributed by atoms with E-state index in [2.05, 4.69) is 94.3 Å². The number of aromatic nitrogens is 4. The van der Waals surface area contributed by atoms with E-state index in [1.807, 2.05) is 91.0 Å². The SMILES string of the molecule is [C-]#[N+]c1ccc(-c2ccc3c4ccc(-c5ccc(-c6nc(-c7ccccc7)nc(-c7ccccc7)n6)cc5)cc4n(-c4ccccc4)c3c2)cc1. The Morgan fingerprint density at radius 2 is 0.745 bits per heavy atom. The molecule has 0 saturated carbocycles. The zero-order valence-corrected chi connectivity index (χ0v) is 27.5. The van der Waals surface area contributed by atoms with Crippen LogP contribution in [0.5, 0.6) is 0 Å². The molecule has 0 aliphatic heterocycles. The lowest BCUT2D eigenvalue weighted by molar-refractivity contribution is 1.07. The molecule has 5 nitrogen and oxygen atoms in total. The molecule has 0 fully saturated rings. The Balaban J connectivity index is 1.14. The molecule has 0 aliphatic carbocycles. The van der Waals surface area contributed by atoms with Crippen molar-refractivity contribution in [1.82, 2.24) is 19.5 Å². The van der Waals surface area contributed by atoms with Crippen molar-refractivity contribution in [2.45, 2.75) is 0 Å². The Morgan fingerprint density at radius 3 is 1.20 bits per heavy atom. The van der Waals surface area contributed by atoms with Crippen molar-refractivity contribution >= 4 is 27.5 Å². The minimum atomic E-state index is 0.633. The summed E-state index contributed by atoms with van der Waals surface area (Å²) in [6, 6.07) is 60.2. The normalized spacial score (nSPS) is 11.1. The van der Waals surface area contributed by atoms with Crippen LogP contribution in [0.15, 0.2) is 176 Å². The average molecular weight is 652 g/mol. The molecule has 9 rings (SSSR count). The van der Waals surface area contributed by atoms with Gasteiger partial charge < -0.3 is 4.57 Å². The lowest BCUT2D eigenvalue weighted by Gasteiger charge is -2.10. The number of fused-ring (bicyclic) bond motifs is 3. The summed E-state index contributed by atoms with van der Waals surface area (Å²) >= 11 is 0. The summed E-state index contributed by atoms with van der Waals surface area (Å²) in [4.78, 5) is 18.2. The predicted octanol–water partition coefficient (Wildman–Crippen LogP) is 11.9. The minimum Gasteiger partial charge on any atom is -0.309 e. The van der Waals surface area contributed by atoms with Gasteiger partial charge in [0.2, 0.25) is 0 Å². The molecule has 0 bridgehead atoms.